The molecule has 0 amide bonds. The predicted octanol–water partition coefficient (Wildman–Crippen LogP) is 4.15. The minimum atomic E-state index is 0.122. The summed E-state index contributed by atoms with van der Waals surface area (Å²) in [4.78, 5) is 24.8. The Morgan fingerprint density at radius 3 is 1.30 bits per heavy atom. The lowest BCUT2D eigenvalue weighted by molar-refractivity contribution is -0.116. The van der Waals surface area contributed by atoms with Gasteiger partial charge < -0.3 is 0 Å². The normalized spacial score (nSPS) is 26.4. The molecule has 0 aromatic heterocycles. The maximum absolute atomic E-state index is 12.4. The summed E-state index contributed by atoms with van der Waals surface area (Å²) in [5, 5.41) is 0. The van der Waals surface area contributed by atoms with Crippen molar-refractivity contribution >= 4 is 11.6 Å². The summed E-state index contributed by atoms with van der Waals surface area (Å²) in [7, 11) is 0. The molecule has 2 nitrogen and oxygen atoms in total. The van der Waals surface area contributed by atoms with Gasteiger partial charge in [0.1, 0.15) is 0 Å². The number of hydrogen-bond donors (Lipinski definition) is 0. The van der Waals surface area contributed by atoms with Crippen LogP contribution in [0.2, 0.25) is 0 Å². The fraction of sp³-hybridized carbons (Fsp3) is 0.667. The molecule has 3 aliphatic carbocycles. The average Bonchev–Trinajstić information content (AvgIpc) is 2.51. The van der Waals surface area contributed by atoms with E-state index in [1.54, 1.807) is 12.2 Å². The maximum Gasteiger partial charge on any atom is 0.182 e. The smallest absolute Gasteiger partial charge is 0.182 e. The first-order valence-corrected chi connectivity index (χ1v) is 8.27. The van der Waals surface area contributed by atoms with Gasteiger partial charge in [0.2, 0.25) is 0 Å². The monoisotopic (exact) mass is 272 g/mol. The molecule has 3 aliphatic rings. The van der Waals surface area contributed by atoms with Crippen LogP contribution in [0.5, 0.6) is 0 Å². The van der Waals surface area contributed by atoms with E-state index in [1.807, 2.05) is 0 Å². The van der Waals surface area contributed by atoms with Crippen LogP contribution in [-0.4, -0.2) is 11.6 Å². The maximum atomic E-state index is 12.4. The first-order valence-electron chi connectivity index (χ1n) is 8.27. The molecular formula is C18H24O2. The molecule has 0 heterocycles. The Morgan fingerprint density at radius 2 is 0.950 bits per heavy atom. The van der Waals surface area contributed by atoms with E-state index in [0.717, 1.165) is 36.8 Å². The second kappa shape index (κ2) is 6.07. The Balaban J connectivity index is 1.75. The standard InChI is InChI=1S/C18H24O2/c19-17-12-16(14-9-5-2-6-10-14)18(20)11-15(17)13-7-3-1-4-8-13/h11-14H,1-10H2. The topological polar surface area (TPSA) is 34.1 Å². The van der Waals surface area contributed by atoms with Crippen LogP contribution in [0.1, 0.15) is 64.2 Å². The number of hydrogen-bond acceptors (Lipinski definition) is 2. The third-order valence-electron chi connectivity index (χ3n) is 5.23. The zero-order valence-electron chi connectivity index (χ0n) is 12.2. The highest BCUT2D eigenvalue weighted by molar-refractivity contribution is 6.20. The molecule has 2 heteroatoms. The number of allylic oxidation sites excluding steroid dienone is 4. The molecule has 0 aromatic rings. The summed E-state index contributed by atoms with van der Waals surface area (Å²) in [5.41, 5.74) is 1.60. The van der Waals surface area contributed by atoms with Crippen molar-refractivity contribution in [3.05, 3.63) is 23.3 Å². The van der Waals surface area contributed by atoms with E-state index < -0.39 is 0 Å². The van der Waals surface area contributed by atoms with Crippen molar-refractivity contribution in [2.24, 2.45) is 11.8 Å². The molecule has 0 radical (unpaired) electrons. The molecule has 0 spiro atoms. The Kier molecular flexibility index (Phi) is 4.18. The minimum absolute atomic E-state index is 0.122. The number of carbonyl (C=O) groups is 2. The van der Waals surface area contributed by atoms with E-state index in [4.69, 9.17) is 0 Å². The number of carbonyl (C=O) groups excluding carboxylic acids is 2. The van der Waals surface area contributed by atoms with Crippen LogP contribution in [0.25, 0.3) is 0 Å². The average molecular weight is 272 g/mol. The third-order valence-corrected chi connectivity index (χ3v) is 5.23. The Labute approximate surface area is 121 Å². The van der Waals surface area contributed by atoms with Crippen molar-refractivity contribution < 1.29 is 9.59 Å². The molecule has 0 atom stereocenters. The van der Waals surface area contributed by atoms with Crippen LogP contribution >= 0.6 is 0 Å². The second-order valence-electron chi connectivity index (χ2n) is 6.60. The molecule has 0 unspecified atom stereocenters. The van der Waals surface area contributed by atoms with Crippen molar-refractivity contribution in [2.75, 3.05) is 0 Å². The lowest BCUT2D eigenvalue weighted by Gasteiger charge is -2.28. The first-order chi connectivity index (χ1) is 9.75. The van der Waals surface area contributed by atoms with Crippen molar-refractivity contribution in [1.82, 2.24) is 0 Å². The molecule has 0 saturated heterocycles. The molecule has 20 heavy (non-hydrogen) atoms. The van der Waals surface area contributed by atoms with Crippen molar-refractivity contribution in [2.45, 2.75) is 64.2 Å². The highest BCUT2D eigenvalue weighted by atomic mass is 16.1. The summed E-state index contributed by atoms with van der Waals surface area (Å²) in [6.45, 7) is 0. The van der Waals surface area contributed by atoms with Crippen LogP contribution in [0.15, 0.2) is 23.3 Å². The van der Waals surface area contributed by atoms with Gasteiger partial charge in [0, 0.05) is 11.1 Å². The van der Waals surface area contributed by atoms with Gasteiger partial charge in [0.15, 0.2) is 11.6 Å². The van der Waals surface area contributed by atoms with E-state index in [0.29, 0.717) is 11.8 Å². The highest BCUT2D eigenvalue weighted by Gasteiger charge is 2.30. The fourth-order valence-electron chi connectivity index (χ4n) is 4.06. The number of rotatable bonds is 2. The fourth-order valence-corrected chi connectivity index (χ4v) is 4.06. The second-order valence-corrected chi connectivity index (χ2v) is 6.60. The van der Waals surface area contributed by atoms with Crippen molar-refractivity contribution in [1.29, 1.82) is 0 Å². The van der Waals surface area contributed by atoms with E-state index in [1.165, 1.54) is 38.5 Å². The Bertz CT molecular complexity index is 414. The van der Waals surface area contributed by atoms with E-state index in [-0.39, 0.29) is 11.6 Å². The largest absolute Gasteiger partial charge is 0.290 e. The molecule has 0 aliphatic heterocycles. The summed E-state index contributed by atoms with van der Waals surface area (Å²) in [5.74, 6) is 0.919. The molecular weight excluding hydrogens is 248 g/mol. The van der Waals surface area contributed by atoms with Crippen molar-refractivity contribution in [3.63, 3.8) is 0 Å². The molecule has 2 saturated carbocycles. The van der Waals surface area contributed by atoms with Gasteiger partial charge in [-0.15, -0.1) is 0 Å². The number of ketones is 2. The van der Waals surface area contributed by atoms with Gasteiger partial charge in [-0.05, 0) is 49.7 Å². The summed E-state index contributed by atoms with van der Waals surface area (Å²) >= 11 is 0. The third kappa shape index (κ3) is 2.79. The SMILES string of the molecule is O=C1C=C(C2CCCCC2)C(=O)C=C1C1CCCCC1. The zero-order valence-corrected chi connectivity index (χ0v) is 12.2. The molecule has 0 N–H and O–H groups in total. The first kappa shape index (κ1) is 13.8. The highest BCUT2D eigenvalue weighted by Crippen LogP contribution is 2.36. The van der Waals surface area contributed by atoms with Crippen LogP contribution < -0.4 is 0 Å². The van der Waals surface area contributed by atoms with Crippen molar-refractivity contribution in [3.8, 4) is 0 Å². The van der Waals surface area contributed by atoms with E-state index in [9.17, 15) is 9.59 Å². The van der Waals surface area contributed by atoms with Gasteiger partial charge in [-0.3, -0.25) is 9.59 Å². The molecule has 108 valence electrons. The summed E-state index contributed by atoms with van der Waals surface area (Å²) < 4.78 is 0. The van der Waals surface area contributed by atoms with Gasteiger partial charge in [-0.1, -0.05) is 38.5 Å². The lowest BCUT2D eigenvalue weighted by atomic mass is 9.75. The Hall–Kier alpha value is -1.18. The molecule has 2 fully saturated rings. The van der Waals surface area contributed by atoms with Gasteiger partial charge in [0.05, 0.1) is 0 Å². The minimum Gasteiger partial charge on any atom is -0.290 e. The quantitative estimate of drug-likeness (QED) is 0.708. The van der Waals surface area contributed by atoms with Crippen LogP contribution in [0, 0.1) is 11.8 Å². The predicted molar refractivity (Wildman–Crippen MR) is 79.3 cm³/mol. The van der Waals surface area contributed by atoms with Gasteiger partial charge in [0.25, 0.3) is 0 Å². The van der Waals surface area contributed by atoms with E-state index in [2.05, 4.69) is 0 Å². The summed E-state index contributed by atoms with van der Waals surface area (Å²) in [6.07, 6.45) is 15.0. The molecule has 0 aromatic carbocycles. The van der Waals surface area contributed by atoms with Crippen LogP contribution in [0.3, 0.4) is 0 Å². The zero-order chi connectivity index (χ0) is 13.9. The van der Waals surface area contributed by atoms with Gasteiger partial charge >= 0.3 is 0 Å². The van der Waals surface area contributed by atoms with Gasteiger partial charge in [-0.25, -0.2) is 0 Å². The van der Waals surface area contributed by atoms with Crippen LogP contribution in [0.4, 0.5) is 0 Å². The molecule has 3 rings (SSSR count). The lowest BCUT2D eigenvalue weighted by Crippen LogP contribution is -2.24. The van der Waals surface area contributed by atoms with E-state index >= 15 is 0 Å². The molecule has 0 bridgehead atoms. The Morgan fingerprint density at radius 1 is 0.600 bits per heavy atom. The summed E-state index contributed by atoms with van der Waals surface area (Å²) in [6, 6.07) is 0. The van der Waals surface area contributed by atoms with Gasteiger partial charge in [-0.2, -0.15) is 0 Å². The van der Waals surface area contributed by atoms with Crippen LogP contribution in [-0.2, 0) is 9.59 Å².